The largest absolute Gasteiger partial charge is 0.369 e. The highest BCUT2D eigenvalue weighted by atomic mass is 19.1. The highest BCUT2D eigenvalue weighted by molar-refractivity contribution is 6.26. The van der Waals surface area contributed by atoms with E-state index < -0.39 is 0 Å². The highest BCUT2D eigenvalue weighted by Gasteiger charge is 1.87. The number of hydrogen-bond donors (Lipinski definition) is 0. The maximum absolute atomic E-state index is 11.1. The zero-order chi connectivity index (χ0) is 4.99. The molecule has 3 heteroatoms. The molecule has 1 radical (unpaired) electrons. The van der Waals surface area contributed by atoms with E-state index in [0.29, 0.717) is 14.0 Å². The first-order chi connectivity index (χ1) is 2.77. The van der Waals surface area contributed by atoms with E-state index in [1.807, 2.05) is 14.1 Å². The summed E-state index contributed by atoms with van der Waals surface area (Å²) in [6, 6.07) is 0. The van der Waals surface area contributed by atoms with Gasteiger partial charge in [0.05, 0.1) is 0 Å². The third-order valence-corrected chi connectivity index (χ3v) is 0.434. The SMILES string of the molecule is CN(C)C[B]F. The van der Waals surface area contributed by atoms with Crippen molar-refractivity contribution in [2.45, 2.75) is 0 Å². The molecule has 0 aromatic rings. The summed E-state index contributed by atoms with van der Waals surface area (Å²) >= 11 is 0. The maximum Gasteiger partial charge on any atom is 0.369 e. The van der Waals surface area contributed by atoms with E-state index in [-0.39, 0.29) is 0 Å². The van der Waals surface area contributed by atoms with E-state index in [9.17, 15) is 4.32 Å². The van der Waals surface area contributed by atoms with Crippen molar-refractivity contribution in [1.29, 1.82) is 0 Å². The molecular weight excluding hydrogens is 79.8 g/mol. The highest BCUT2D eigenvalue weighted by Crippen LogP contribution is 1.68. The molecule has 1 nitrogen and oxygen atoms in total. The van der Waals surface area contributed by atoms with Crippen molar-refractivity contribution >= 4 is 7.56 Å². The van der Waals surface area contributed by atoms with Crippen LogP contribution in [-0.4, -0.2) is 33.0 Å². The summed E-state index contributed by atoms with van der Waals surface area (Å²) in [7, 11) is 4.26. The number of hydrogen-bond acceptors (Lipinski definition) is 1. The topological polar surface area (TPSA) is 3.24 Å². The third kappa shape index (κ3) is 3.95. The molecule has 0 saturated carbocycles. The van der Waals surface area contributed by atoms with Gasteiger partial charge in [-0.25, -0.2) is 0 Å². The van der Waals surface area contributed by atoms with Gasteiger partial charge in [-0.2, -0.15) is 0 Å². The van der Waals surface area contributed by atoms with Crippen molar-refractivity contribution in [2.75, 3.05) is 20.5 Å². The molecule has 0 aliphatic heterocycles. The van der Waals surface area contributed by atoms with Crippen LogP contribution in [0, 0.1) is 0 Å². The molecule has 0 aliphatic carbocycles. The molecule has 6 heavy (non-hydrogen) atoms. The maximum atomic E-state index is 11.1. The second-order valence-electron chi connectivity index (χ2n) is 1.42. The summed E-state index contributed by atoms with van der Waals surface area (Å²) < 4.78 is 11.1. The van der Waals surface area contributed by atoms with E-state index in [2.05, 4.69) is 0 Å². The summed E-state index contributed by atoms with van der Waals surface area (Å²) in [5, 5.41) is 0. The molecule has 35 valence electrons. The summed E-state index contributed by atoms with van der Waals surface area (Å²) in [6.07, 6.45) is 0.417. The molecular formula is C3H8BFN. The van der Waals surface area contributed by atoms with E-state index in [4.69, 9.17) is 0 Å². The van der Waals surface area contributed by atoms with Gasteiger partial charge in [-0.1, -0.05) is 0 Å². The minimum absolute atomic E-state index is 0.417. The average Bonchev–Trinajstić information content (AvgIpc) is 1.35. The predicted molar refractivity (Wildman–Crippen MR) is 25.4 cm³/mol. The van der Waals surface area contributed by atoms with Crippen LogP contribution in [0.2, 0.25) is 0 Å². The van der Waals surface area contributed by atoms with Gasteiger partial charge in [0.15, 0.2) is 0 Å². The number of nitrogens with zero attached hydrogens (tertiary/aromatic N) is 1. The van der Waals surface area contributed by atoms with Crippen LogP contribution >= 0.6 is 0 Å². The van der Waals surface area contributed by atoms with Gasteiger partial charge in [-0.05, 0) is 14.1 Å². The molecule has 0 aromatic carbocycles. The minimum Gasteiger partial charge on any atom is -0.341 e. The molecule has 0 amide bonds. The van der Waals surface area contributed by atoms with Crippen LogP contribution in [0.1, 0.15) is 0 Å². The fraction of sp³-hybridized carbons (Fsp3) is 1.00. The summed E-state index contributed by atoms with van der Waals surface area (Å²) in [5.41, 5.74) is 0. The molecule has 0 N–H and O–H groups in total. The van der Waals surface area contributed by atoms with Gasteiger partial charge in [0.2, 0.25) is 0 Å². The van der Waals surface area contributed by atoms with Crippen LogP contribution in [0.15, 0.2) is 0 Å². The lowest BCUT2D eigenvalue weighted by molar-refractivity contribution is 0.469. The van der Waals surface area contributed by atoms with Crippen molar-refractivity contribution in [1.82, 2.24) is 4.90 Å². The van der Waals surface area contributed by atoms with Crippen molar-refractivity contribution in [3.05, 3.63) is 0 Å². The normalized spacial score (nSPS) is 9.33. The molecule has 0 fully saturated rings. The molecule has 0 aliphatic rings. The lowest BCUT2D eigenvalue weighted by Gasteiger charge is -2.01. The van der Waals surface area contributed by atoms with Crippen LogP contribution in [0.3, 0.4) is 0 Å². The van der Waals surface area contributed by atoms with Gasteiger partial charge in [-0.3, -0.25) is 0 Å². The smallest absolute Gasteiger partial charge is 0.341 e. The fourth-order valence-corrected chi connectivity index (χ4v) is 0.138. The summed E-state index contributed by atoms with van der Waals surface area (Å²) in [4.78, 5) is 1.75. The third-order valence-electron chi connectivity index (χ3n) is 0.434. The standard InChI is InChI=1S/C3H8BFN/c1-6(2)3-4-5/h3H2,1-2H3. The lowest BCUT2D eigenvalue weighted by Crippen LogP contribution is -2.15. The molecule has 0 heterocycles. The number of rotatable bonds is 2. The van der Waals surface area contributed by atoms with E-state index in [1.165, 1.54) is 0 Å². The van der Waals surface area contributed by atoms with Crippen molar-refractivity contribution in [2.24, 2.45) is 0 Å². The first-order valence-electron chi connectivity index (χ1n) is 1.84. The van der Waals surface area contributed by atoms with Crippen molar-refractivity contribution in [3.8, 4) is 0 Å². The van der Waals surface area contributed by atoms with Gasteiger partial charge in [-0.15, -0.1) is 0 Å². The van der Waals surface area contributed by atoms with Gasteiger partial charge < -0.3 is 9.22 Å². The Hall–Kier alpha value is -0.0451. The number of halogens is 1. The fourth-order valence-electron chi connectivity index (χ4n) is 0.138. The molecule has 0 bridgehead atoms. The quantitative estimate of drug-likeness (QED) is 0.432. The Balaban J connectivity index is 2.63. The molecule has 0 rings (SSSR count). The Morgan fingerprint density at radius 2 is 2.17 bits per heavy atom. The van der Waals surface area contributed by atoms with Crippen LogP contribution in [0.5, 0.6) is 0 Å². The second kappa shape index (κ2) is 3.16. The van der Waals surface area contributed by atoms with Gasteiger partial charge in [0.1, 0.15) is 0 Å². The molecule has 0 aromatic heterocycles. The van der Waals surface area contributed by atoms with E-state index in [1.54, 1.807) is 4.90 Å². The van der Waals surface area contributed by atoms with Crippen LogP contribution in [-0.2, 0) is 0 Å². The van der Waals surface area contributed by atoms with E-state index >= 15 is 0 Å². The molecule has 0 saturated heterocycles. The average molecular weight is 87.9 g/mol. The molecule has 0 unspecified atom stereocenters. The zero-order valence-electron chi connectivity index (χ0n) is 4.11. The molecule has 0 atom stereocenters. The van der Waals surface area contributed by atoms with Crippen LogP contribution in [0.25, 0.3) is 0 Å². The summed E-state index contributed by atoms with van der Waals surface area (Å²) in [6.45, 7) is 0. The first kappa shape index (κ1) is 5.95. The Bertz CT molecular complexity index is 32.0. The minimum atomic E-state index is 0.417. The second-order valence-corrected chi connectivity index (χ2v) is 1.42. The van der Waals surface area contributed by atoms with Crippen molar-refractivity contribution in [3.63, 3.8) is 0 Å². The van der Waals surface area contributed by atoms with Gasteiger partial charge >= 0.3 is 7.56 Å². The first-order valence-corrected chi connectivity index (χ1v) is 1.84. The molecule has 0 spiro atoms. The summed E-state index contributed by atoms with van der Waals surface area (Å²) in [5.74, 6) is 0. The van der Waals surface area contributed by atoms with Crippen molar-refractivity contribution < 1.29 is 4.32 Å². The Labute approximate surface area is 38.4 Å². The van der Waals surface area contributed by atoms with Crippen LogP contribution < -0.4 is 0 Å². The Morgan fingerprint density at radius 3 is 2.17 bits per heavy atom. The Morgan fingerprint density at radius 1 is 1.67 bits per heavy atom. The predicted octanol–water partition coefficient (Wildman–Crippen LogP) is 0.0942. The monoisotopic (exact) mass is 88.1 g/mol. The van der Waals surface area contributed by atoms with Crippen LogP contribution in [0.4, 0.5) is 4.32 Å². The van der Waals surface area contributed by atoms with E-state index in [0.717, 1.165) is 0 Å². The van der Waals surface area contributed by atoms with Gasteiger partial charge in [0.25, 0.3) is 0 Å². The Kier molecular flexibility index (Phi) is 3.13. The lowest BCUT2D eigenvalue weighted by atomic mass is 10.1. The zero-order valence-corrected chi connectivity index (χ0v) is 4.11. The van der Waals surface area contributed by atoms with Gasteiger partial charge in [0, 0.05) is 6.44 Å².